The van der Waals surface area contributed by atoms with Crippen molar-refractivity contribution >= 4 is 5.91 Å². The highest BCUT2D eigenvalue weighted by Crippen LogP contribution is 2.05. The average molecular weight is 227 g/mol. The van der Waals surface area contributed by atoms with Crippen LogP contribution in [-0.4, -0.2) is 17.7 Å². The van der Waals surface area contributed by atoms with E-state index in [4.69, 9.17) is 15.1 Å². The van der Waals surface area contributed by atoms with Crippen LogP contribution in [0.3, 0.4) is 0 Å². The summed E-state index contributed by atoms with van der Waals surface area (Å²) in [6.07, 6.45) is 3.34. The van der Waals surface area contributed by atoms with Crippen molar-refractivity contribution in [3.63, 3.8) is 0 Å². The first-order valence-corrected chi connectivity index (χ1v) is 5.32. The zero-order valence-electron chi connectivity index (χ0n) is 9.36. The molecule has 1 aromatic rings. The molecular formula is C10H17N3O3. The van der Waals surface area contributed by atoms with Gasteiger partial charge in [-0.1, -0.05) is 24.9 Å². The lowest BCUT2D eigenvalue weighted by atomic mass is 10.3. The van der Waals surface area contributed by atoms with Gasteiger partial charge in [0.2, 0.25) is 0 Å². The van der Waals surface area contributed by atoms with Crippen LogP contribution in [0.25, 0.3) is 0 Å². The van der Waals surface area contributed by atoms with E-state index < -0.39 is 5.91 Å². The van der Waals surface area contributed by atoms with E-state index in [9.17, 15) is 4.79 Å². The smallest absolute Gasteiger partial charge is 0.287 e. The van der Waals surface area contributed by atoms with Gasteiger partial charge in [-0.15, -0.1) is 0 Å². The highest BCUT2D eigenvalue weighted by Gasteiger charge is 2.10. The molecule has 0 aromatic carbocycles. The predicted molar refractivity (Wildman–Crippen MR) is 57.3 cm³/mol. The molecule has 6 heteroatoms. The van der Waals surface area contributed by atoms with Gasteiger partial charge in [-0.2, -0.15) is 0 Å². The molecule has 16 heavy (non-hydrogen) atoms. The summed E-state index contributed by atoms with van der Waals surface area (Å²) in [5.41, 5.74) is 2.14. The van der Waals surface area contributed by atoms with Gasteiger partial charge in [0.25, 0.3) is 5.91 Å². The summed E-state index contributed by atoms with van der Waals surface area (Å²) in [5.74, 6) is 5.01. The van der Waals surface area contributed by atoms with Gasteiger partial charge in [-0.25, -0.2) is 5.84 Å². The van der Waals surface area contributed by atoms with E-state index in [0.29, 0.717) is 19.0 Å². The number of nitrogen functional groups attached to an aromatic ring is 1. The lowest BCUT2D eigenvalue weighted by Crippen LogP contribution is -2.30. The quantitative estimate of drug-likeness (QED) is 0.313. The predicted octanol–water partition coefficient (Wildman–Crippen LogP) is 0.985. The minimum Gasteiger partial charge on any atom is -0.373 e. The maximum absolute atomic E-state index is 11.0. The van der Waals surface area contributed by atoms with Gasteiger partial charge in [0.05, 0.1) is 0 Å². The number of nitrogens with one attached hydrogen (secondary N) is 1. The molecule has 0 unspecified atom stereocenters. The number of amides is 1. The summed E-state index contributed by atoms with van der Waals surface area (Å²) in [4.78, 5) is 11.0. The van der Waals surface area contributed by atoms with Gasteiger partial charge in [-0.3, -0.25) is 10.2 Å². The molecule has 0 aliphatic carbocycles. The fraction of sp³-hybridized carbons (Fsp3) is 0.600. The van der Waals surface area contributed by atoms with Crippen LogP contribution in [-0.2, 0) is 11.3 Å². The van der Waals surface area contributed by atoms with Crippen LogP contribution >= 0.6 is 0 Å². The highest BCUT2D eigenvalue weighted by molar-refractivity contribution is 5.91. The Hall–Kier alpha value is -1.40. The van der Waals surface area contributed by atoms with Crippen LogP contribution in [0.4, 0.5) is 0 Å². The third-order valence-electron chi connectivity index (χ3n) is 2.06. The molecule has 1 amide bonds. The Balaban J connectivity index is 2.27. The van der Waals surface area contributed by atoms with Gasteiger partial charge < -0.3 is 9.26 Å². The Bertz CT molecular complexity index is 325. The third-order valence-corrected chi connectivity index (χ3v) is 2.06. The molecule has 0 aliphatic heterocycles. The van der Waals surface area contributed by atoms with E-state index in [-0.39, 0.29) is 5.69 Å². The van der Waals surface area contributed by atoms with Gasteiger partial charge >= 0.3 is 0 Å². The van der Waals surface area contributed by atoms with Crippen molar-refractivity contribution in [2.45, 2.75) is 32.8 Å². The van der Waals surface area contributed by atoms with E-state index >= 15 is 0 Å². The zero-order chi connectivity index (χ0) is 11.8. The number of carbonyl (C=O) groups excluding carboxylic acids is 1. The Kier molecular flexibility index (Phi) is 5.52. The van der Waals surface area contributed by atoms with E-state index in [1.807, 2.05) is 5.43 Å². The fourth-order valence-corrected chi connectivity index (χ4v) is 1.19. The minimum atomic E-state index is -0.471. The zero-order valence-corrected chi connectivity index (χ0v) is 9.36. The molecule has 0 bridgehead atoms. The largest absolute Gasteiger partial charge is 0.373 e. The molecule has 0 saturated heterocycles. The molecule has 0 radical (unpaired) electrons. The Morgan fingerprint density at radius 2 is 2.44 bits per heavy atom. The van der Waals surface area contributed by atoms with Gasteiger partial charge in [0, 0.05) is 12.7 Å². The molecule has 1 aromatic heterocycles. The number of unbranched alkanes of at least 4 members (excludes halogenated alkanes) is 2. The van der Waals surface area contributed by atoms with Crippen LogP contribution in [0, 0.1) is 0 Å². The van der Waals surface area contributed by atoms with Crippen LogP contribution in [0.5, 0.6) is 0 Å². The van der Waals surface area contributed by atoms with Crippen molar-refractivity contribution in [1.29, 1.82) is 0 Å². The summed E-state index contributed by atoms with van der Waals surface area (Å²) < 4.78 is 10.3. The number of rotatable bonds is 7. The van der Waals surface area contributed by atoms with Crippen LogP contribution in [0.15, 0.2) is 10.6 Å². The first kappa shape index (κ1) is 12.7. The third kappa shape index (κ3) is 4.00. The van der Waals surface area contributed by atoms with Gasteiger partial charge in [0.1, 0.15) is 6.61 Å². The van der Waals surface area contributed by atoms with Gasteiger partial charge in [0.15, 0.2) is 11.5 Å². The monoisotopic (exact) mass is 227 g/mol. The molecule has 0 aliphatic rings. The van der Waals surface area contributed by atoms with Crippen molar-refractivity contribution in [3.05, 3.63) is 17.5 Å². The van der Waals surface area contributed by atoms with Crippen LogP contribution in [0.1, 0.15) is 42.4 Å². The Labute approximate surface area is 94.1 Å². The number of hydrazine groups is 1. The number of nitrogens with zero attached hydrogens (tertiary/aromatic N) is 1. The minimum absolute atomic E-state index is 0.162. The van der Waals surface area contributed by atoms with E-state index in [1.54, 1.807) is 0 Å². The van der Waals surface area contributed by atoms with Crippen LogP contribution in [0.2, 0.25) is 0 Å². The van der Waals surface area contributed by atoms with Crippen molar-refractivity contribution < 1.29 is 14.1 Å². The molecule has 1 heterocycles. The first-order chi connectivity index (χ1) is 7.77. The number of aromatic nitrogens is 1. The lowest BCUT2D eigenvalue weighted by Gasteiger charge is -1.99. The van der Waals surface area contributed by atoms with Crippen molar-refractivity contribution in [2.75, 3.05) is 6.61 Å². The van der Waals surface area contributed by atoms with E-state index in [2.05, 4.69) is 12.1 Å². The Morgan fingerprint density at radius 1 is 1.62 bits per heavy atom. The van der Waals surface area contributed by atoms with Crippen molar-refractivity contribution in [2.24, 2.45) is 5.84 Å². The number of hydrogen-bond donors (Lipinski definition) is 2. The molecule has 90 valence electrons. The molecule has 3 N–H and O–H groups in total. The lowest BCUT2D eigenvalue weighted by molar-refractivity contribution is 0.0934. The normalized spacial score (nSPS) is 10.4. The summed E-state index contributed by atoms with van der Waals surface area (Å²) in [5, 5.41) is 3.55. The molecule has 0 saturated carbocycles. The first-order valence-electron chi connectivity index (χ1n) is 5.32. The Morgan fingerprint density at radius 3 is 3.12 bits per heavy atom. The van der Waals surface area contributed by atoms with E-state index in [0.717, 1.165) is 19.3 Å². The number of nitrogens with two attached hydrogens (primary N) is 1. The summed E-state index contributed by atoms with van der Waals surface area (Å²) in [7, 11) is 0. The SMILES string of the molecule is CCCCCOCc1cc(C(=O)NN)no1. The second-order valence-corrected chi connectivity index (χ2v) is 3.41. The van der Waals surface area contributed by atoms with Crippen molar-refractivity contribution in [3.8, 4) is 0 Å². The molecular weight excluding hydrogens is 210 g/mol. The average Bonchev–Trinajstić information content (AvgIpc) is 2.76. The van der Waals surface area contributed by atoms with E-state index in [1.165, 1.54) is 6.07 Å². The number of ether oxygens (including phenoxy) is 1. The number of carbonyl (C=O) groups is 1. The maximum atomic E-state index is 11.0. The molecule has 0 fully saturated rings. The van der Waals surface area contributed by atoms with Crippen LogP contribution < -0.4 is 11.3 Å². The highest BCUT2D eigenvalue weighted by atomic mass is 16.5. The molecule has 6 nitrogen and oxygen atoms in total. The molecule has 1 rings (SSSR count). The second kappa shape index (κ2) is 6.97. The molecule has 0 spiro atoms. The van der Waals surface area contributed by atoms with Crippen molar-refractivity contribution in [1.82, 2.24) is 10.6 Å². The summed E-state index contributed by atoms with van der Waals surface area (Å²) in [6, 6.07) is 1.52. The number of hydrogen-bond acceptors (Lipinski definition) is 5. The summed E-state index contributed by atoms with van der Waals surface area (Å²) >= 11 is 0. The maximum Gasteiger partial charge on any atom is 0.287 e. The van der Waals surface area contributed by atoms with Gasteiger partial charge in [-0.05, 0) is 6.42 Å². The second-order valence-electron chi connectivity index (χ2n) is 3.41. The fourth-order valence-electron chi connectivity index (χ4n) is 1.19. The topological polar surface area (TPSA) is 90.4 Å². The molecule has 0 atom stereocenters. The summed E-state index contributed by atoms with van der Waals surface area (Å²) in [6.45, 7) is 3.15. The standard InChI is InChI=1S/C10H17N3O3/c1-2-3-4-5-15-7-8-6-9(13-16-8)10(14)12-11/h6H,2-5,7,11H2,1H3,(H,12,14).